The van der Waals surface area contributed by atoms with Gasteiger partial charge in [-0.05, 0) is 24.3 Å². The molecule has 18 heavy (non-hydrogen) atoms. The number of rotatable bonds is 2. The molecule has 0 saturated carbocycles. The number of aromatic nitrogens is 2. The van der Waals surface area contributed by atoms with E-state index < -0.39 is 0 Å². The van der Waals surface area contributed by atoms with Crippen LogP contribution in [-0.2, 0) is 4.79 Å². The second-order valence-electron chi connectivity index (χ2n) is 4.30. The largest absolute Gasteiger partial charge is 0.357 e. The first-order valence-electron chi connectivity index (χ1n) is 5.97. The van der Waals surface area contributed by atoms with Crippen LogP contribution in [0.25, 0.3) is 10.2 Å². The fourth-order valence-corrected chi connectivity index (χ4v) is 3.19. The molecule has 0 bridgehead atoms. The average molecular weight is 262 g/mol. The third kappa shape index (κ3) is 1.73. The Morgan fingerprint density at radius 3 is 3.28 bits per heavy atom. The van der Waals surface area contributed by atoms with Gasteiger partial charge in [-0.15, -0.1) is 11.3 Å². The van der Waals surface area contributed by atoms with Crippen molar-refractivity contribution in [3.05, 3.63) is 17.8 Å². The number of likely N-dealkylation sites (N-methyl/N-ethyl adjacent to an activating group) is 1. The molecule has 5 nitrogen and oxygen atoms in total. The number of carbonyl (C=O) groups is 1. The molecule has 1 N–H and O–H groups in total. The first kappa shape index (κ1) is 11.4. The Balaban J connectivity index is 2.03. The van der Waals surface area contributed by atoms with E-state index in [2.05, 4.69) is 20.2 Å². The molecule has 1 fully saturated rings. The van der Waals surface area contributed by atoms with Crippen molar-refractivity contribution >= 4 is 33.3 Å². The molecular formula is C12H14N4OS. The molecule has 0 aliphatic carbocycles. The molecule has 6 heteroatoms. The Morgan fingerprint density at radius 2 is 2.44 bits per heavy atom. The molecule has 1 atom stereocenters. The number of fused-ring (bicyclic) bond motifs is 1. The van der Waals surface area contributed by atoms with Gasteiger partial charge in [0.25, 0.3) is 0 Å². The SMILES string of the molecule is CNC(=O)[C@H]1CCCN1c1ncnc2sccc12. The van der Waals surface area contributed by atoms with E-state index in [9.17, 15) is 4.79 Å². The van der Waals surface area contributed by atoms with Gasteiger partial charge < -0.3 is 10.2 Å². The summed E-state index contributed by atoms with van der Waals surface area (Å²) in [5.41, 5.74) is 0. The third-order valence-corrected chi connectivity index (χ3v) is 4.14. The summed E-state index contributed by atoms with van der Waals surface area (Å²) in [6.07, 6.45) is 3.48. The van der Waals surface area contributed by atoms with Crippen molar-refractivity contribution in [2.45, 2.75) is 18.9 Å². The van der Waals surface area contributed by atoms with E-state index in [1.54, 1.807) is 24.7 Å². The Labute approximate surface area is 109 Å². The van der Waals surface area contributed by atoms with Crippen LogP contribution >= 0.6 is 11.3 Å². The highest BCUT2D eigenvalue weighted by Crippen LogP contribution is 2.31. The summed E-state index contributed by atoms with van der Waals surface area (Å²) in [5.74, 6) is 0.946. The molecule has 1 amide bonds. The van der Waals surface area contributed by atoms with Crippen LogP contribution in [0.2, 0.25) is 0 Å². The van der Waals surface area contributed by atoms with Crippen molar-refractivity contribution in [3.8, 4) is 0 Å². The van der Waals surface area contributed by atoms with Crippen LogP contribution in [0, 0.1) is 0 Å². The van der Waals surface area contributed by atoms with E-state index >= 15 is 0 Å². The van der Waals surface area contributed by atoms with Crippen LogP contribution in [0.3, 0.4) is 0 Å². The second-order valence-corrected chi connectivity index (χ2v) is 5.20. The summed E-state index contributed by atoms with van der Waals surface area (Å²) >= 11 is 1.60. The highest BCUT2D eigenvalue weighted by Gasteiger charge is 2.32. The zero-order chi connectivity index (χ0) is 12.5. The second kappa shape index (κ2) is 4.53. The maximum Gasteiger partial charge on any atom is 0.242 e. The van der Waals surface area contributed by atoms with Crippen molar-refractivity contribution < 1.29 is 4.79 Å². The summed E-state index contributed by atoms with van der Waals surface area (Å²) < 4.78 is 0. The van der Waals surface area contributed by atoms with Gasteiger partial charge in [0.2, 0.25) is 5.91 Å². The minimum Gasteiger partial charge on any atom is -0.357 e. The topological polar surface area (TPSA) is 58.1 Å². The van der Waals surface area contributed by atoms with Gasteiger partial charge in [0.05, 0.1) is 5.39 Å². The molecule has 0 unspecified atom stereocenters. The van der Waals surface area contributed by atoms with Gasteiger partial charge in [0.1, 0.15) is 23.0 Å². The minimum atomic E-state index is -0.104. The van der Waals surface area contributed by atoms with Crippen LogP contribution in [0.1, 0.15) is 12.8 Å². The molecule has 1 aliphatic heterocycles. The molecule has 0 spiro atoms. The van der Waals surface area contributed by atoms with Gasteiger partial charge in [-0.25, -0.2) is 9.97 Å². The maximum absolute atomic E-state index is 11.9. The molecule has 94 valence electrons. The van der Waals surface area contributed by atoms with E-state index in [1.165, 1.54) is 0 Å². The molecule has 1 saturated heterocycles. The lowest BCUT2D eigenvalue weighted by Gasteiger charge is -2.24. The quantitative estimate of drug-likeness (QED) is 0.889. The molecule has 2 aromatic heterocycles. The predicted octanol–water partition coefficient (Wildman–Crippen LogP) is 1.41. The number of amides is 1. The molecule has 3 heterocycles. The van der Waals surface area contributed by atoms with Crippen molar-refractivity contribution in [1.29, 1.82) is 0 Å². The van der Waals surface area contributed by atoms with Gasteiger partial charge in [-0.2, -0.15) is 0 Å². The highest BCUT2D eigenvalue weighted by molar-refractivity contribution is 7.16. The molecule has 3 rings (SSSR count). The summed E-state index contributed by atoms with van der Waals surface area (Å²) in [4.78, 5) is 23.6. The number of thiophene rings is 1. The number of nitrogens with one attached hydrogen (secondary N) is 1. The van der Waals surface area contributed by atoms with Crippen molar-refractivity contribution in [3.63, 3.8) is 0 Å². The minimum absolute atomic E-state index is 0.0643. The molecule has 2 aromatic rings. The monoisotopic (exact) mass is 262 g/mol. The lowest BCUT2D eigenvalue weighted by molar-refractivity contribution is -0.121. The van der Waals surface area contributed by atoms with Crippen LogP contribution in [0.15, 0.2) is 17.8 Å². The van der Waals surface area contributed by atoms with Gasteiger partial charge >= 0.3 is 0 Å². The maximum atomic E-state index is 11.9. The Morgan fingerprint density at radius 1 is 1.56 bits per heavy atom. The summed E-state index contributed by atoms with van der Waals surface area (Å²) in [6.45, 7) is 0.875. The number of nitrogens with zero attached hydrogens (tertiary/aromatic N) is 3. The molecule has 0 aromatic carbocycles. The number of carbonyl (C=O) groups excluding carboxylic acids is 1. The lowest BCUT2D eigenvalue weighted by atomic mass is 10.2. The Kier molecular flexibility index (Phi) is 2.87. The van der Waals surface area contributed by atoms with Crippen molar-refractivity contribution in [2.24, 2.45) is 0 Å². The van der Waals surface area contributed by atoms with Crippen molar-refractivity contribution in [1.82, 2.24) is 15.3 Å². The number of anilines is 1. The van der Waals surface area contributed by atoms with E-state index in [4.69, 9.17) is 0 Å². The van der Waals surface area contributed by atoms with Gasteiger partial charge in [0, 0.05) is 13.6 Å². The van der Waals surface area contributed by atoms with E-state index in [1.807, 2.05) is 11.4 Å². The third-order valence-electron chi connectivity index (χ3n) is 3.31. The van der Waals surface area contributed by atoms with Crippen LogP contribution in [-0.4, -0.2) is 35.5 Å². The molecule has 1 aliphatic rings. The zero-order valence-corrected chi connectivity index (χ0v) is 10.9. The summed E-state index contributed by atoms with van der Waals surface area (Å²) in [5, 5.41) is 5.77. The lowest BCUT2D eigenvalue weighted by Crippen LogP contribution is -2.42. The standard InChI is InChI=1S/C12H14N4OS/c1-13-11(17)9-3-2-5-16(9)10-8-4-6-18-12(8)15-7-14-10/h4,6-7,9H,2-3,5H2,1H3,(H,13,17)/t9-/m1/s1. The first-order valence-corrected chi connectivity index (χ1v) is 6.85. The Bertz CT molecular complexity index is 582. The predicted molar refractivity (Wildman–Crippen MR) is 71.8 cm³/mol. The smallest absolute Gasteiger partial charge is 0.242 e. The summed E-state index contributed by atoms with van der Waals surface area (Å²) in [7, 11) is 1.68. The molecule has 0 radical (unpaired) electrons. The van der Waals surface area contributed by atoms with Gasteiger partial charge in [-0.1, -0.05) is 0 Å². The number of hydrogen-bond donors (Lipinski definition) is 1. The van der Waals surface area contributed by atoms with Crippen molar-refractivity contribution in [2.75, 3.05) is 18.5 Å². The van der Waals surface area contributed by atoms with E-state index in [0.29, 0.717) is 0 Å². The number of hydrogen-bond acceptors (Lipinski definition) is 5. The average Bonchev–Trinajstić information content (AvgIpc) is 3.05. The van der Waals surface area contributed by atoms with E-state index in [-0.39, 0.29) is 11.9 Å². The fraction of sp³-hybridized carbons (Fsp3) is 0.417. The van der Waals surface area contributed by atoms with Crippen LogP contribution < -0.4 is 10.2 Å². The normalized spacial score (nSPS) is 19.4. The zero-order valence-electron chi connectivity index (χ0n) is 10.1. The first-order chi connectivity index (χ1) is 8.81. The highest BCUT2D eigenvalue weighted by atomic mass is 32.1. The molecular weight excluding hydrogens is 248 g/mol. The summed E-state index contributed by atoms with van der Waals surface area (Å²) in [6, 6.07) is 1.92. The van der Waals surface area contributed by atoms with E-state index in [0.717, 1.165) is 35.4 Å². The van der Waals surface area contributed by atoms with Crippen LogP contribution in [0.5, 0.6) is 0 Å². The fourth-order valence-electron chi connectivity index (χ4n) is 2.47. The van der Waals surface area contributed by atoms with Gasteiger partial charge in [-0.3, -0.25) is 4.79 Å². The van der Waals surface area contributed by atoms with Crippen LogP contribution in [0.4, 0.5) is 5.82 Å². The Hall–Kier alpha value is -1.69. The van der Waals surface area contributed by atoms with Gasteiger partial charge in [0.15, 0.2) is 0 Å².